The van der Waals surface area contributed by atoms with Gasteiger partial charge < -0.3 is 19.1 Å². The molecule has 4 aliphatic rings. The summed E-state index contributed by atoms with van der Waals surface area (Å²) in [6, 6.07) is 0. The van der Waals surface area contributed by atoms with Crippen molar-refractivity contribution in [1.29, 1.82) is 0 Å². The van der Waals surface area contributed by atoms with E-state index < -0.39 is 31.1 Å². The SMILES string of the molecule is C=C(C)C(=O)COC(=O)COC(=O)N(C)CN(C)C(=O)CC1CCC2C3CC4OC4(C3)C12. The Balaban J connectivity index is 1.18. The molecule has 6 atom stereocenters. The summed E-state index contributed by atoms with van der Waals surface area (Å²) in [5, 5.41) is 0. The normalized spacial score (nSPS) is 33.2. The van der Waals surface area contributed by atoms with E-state index in [4.69, 9.17) is 14.2 Å². The van der Waals surface area contributed by atoms with Crippen LogP contribution in [-0.4, -0.2) is 79.2 Å². The second kappa shape index (κ2) is 8.50. The third-order valence-electron chi connectivity index (χ3n) is 7.71. The highest BCUT2D eigenvalue weighted by Crippen LogP contribution is 2.72. The van der Waals surface area contributed by atoms with E-state index in [2.05, 4.69) is 6.58 Å². The Morgan fingerprint density at radius 2 is 1.84 bits per heavy atom. The van der Waals surface area contributed by atoms with Crippen molar-refractivity contribution in [2.75, 3.05) is 34.0 Å². The number of epoxide rings is 1. The van der Waals surface area contributed by atoms with Gasteiger partial charge in [0.25, 0.3) is 0 Å². The lowest BCUT2D eigenvalue weighted by molar-refractivity contribution is -0.150. The highest BCUT2D eigenvalue weighted by molar-refractivity contribution is 5.96. The van der Waals surface area contributed by atoms with Crippen LogP contribution in [0.4, 0.5) is 4.79 Å². The molecule has 3 saturated carbocycles. The van der Waals surface area contributed by atoms with Crippen LogP contribution in [0, 0.1) is 23.7 Å². The van der Waals surface area contributed by atoms with Crippen LogP contribution in [0.2, 0.25) is 0 Å². The second-order valence-electron chi connectivity index (χ2n) is 9.84. The van der Waals surface area contributed by atoms with Gasteiger partial charge in [-0.05, 0) is 61.9 Å². The first kappa shape index (κ1) is 22.8. The van der Waals surface area contributed by atoms with E-state index in [1.807, 2.05) is 0 Å². The Kier molecular flexibility index (Phi) is 6.04. The molecule has 4 fully saturated rings. The van der Waals surface area contributed by atoms with E-state index in [0.29, 0.717) is 30.3 Å². The van der Waals surface area contributed by atoms with E-state index in [0.717, 1.165) is 12.3 Å². The third-order valence-corrected chi connectivity index (χ3v) is 7.71. The molecule has 3 aliphatic carbocycles. The highest BCUT2D eigenvalue weighted by atomic mass is 16.6. The van der Waals surface area contributed by atoms with Crippen LogP contribution >= 0.6 is 0 Å². The number of carbonyl (C=O) groups excluding carboxylic acids is 4. The molecular formula is C23H32N2O7. The lowest BCUT2D eigenvalue weighted by Gasteiger charge is -2.28. The number of nitrogens with zero attached hydrogens (tertiary/aromatic N) is 2. The second-order valence-corrected chi connectivity index (χ2v) is 9.84. The Morgan fingerprint density at radius 3 is 2.56 bits per heavy atom. The fourth-order valence-corrected chi connectivity index (χ4v) is 6.19. The van der Waals surface area contributed by atoms with Crippen molar-refractivity contribution in [2.45, 2.75) is 50.7 Å². The number of carbonyl (C=O) groups is 4. The molecule has 1 heterocycles. The van der Waals surface area contributed by atoms with Gasteiger partial charge in [-0.25, -0.2) is 9.59 Å². The summed E-state index contributed by atoms with van der Waals surface area (Å²) >= 11 is 0. The maximum Gasteiger partial charge on any atom is 0.411 e. The largest absolute Gasteiger partial charge is 0.455 e. The number of ketones is 1. The predicted molar refractivity (Wildman–Crippen MR) is 112 cm³/mol. The molecule has 9 heteroatoms. The number of esters is 1. The van der Waals surface area contributed by atoms with Gasteiger partial charge in [0, 0.05) is 20.5 Å². The van der Waals surface area contributed by atoms with Crippen LogP contribution in [0.1, 0.15) is 39.0 Å². The first-order chi connectivity index (χ1) is 15.1. The van der Waals surface area contributed by atoms with Crippen molar-refractivity contribution in [2.24, 2.45) is 23.7 Å². The van der Waals surface area contributed by atoms with Gasteiger partial charge in [-0.3, -0.25) is 14.5 Å². The minimum absolute atomic E-state index is 0.00982. The molecule has 6 unspecified atom stereocenters. The number of amides is 2. The zero-order valence-electron chi connectivity index (χ0n) is 19.0. The Hall–Kier alpha value is -2.42. The van der Waals surface area contributed by atoms with Gasteiger partial charge in [-0.1, -0.05) is 6.58 Å². The standard InChI is InChI=1S/C23H32N2O7/c1-13(2)17(26)10-30-20(28)11-31-22(29)25(4)12-24(3)19(27)8-14-5-6-16-15-7-18-23(9-15,32-18)21(14)16/h14-16,18,21H,1,5-12H2,2-4H3. The number of ether oxygens (including phenoxy) is 3. The number of fused-ring (bicyclic) bond motifs is 3. The molecule has 1 spiro atoms. The first-order valence-electron chi connectivity index (χ1n) is 11.3. The van der Waals surface area contributed by atoms with E-state index in [1.54, 1.807) is 7.05 Å². The highest BCUT2D eigenvalue weighted by Gasteiger charge is 2.76. The molecule has 0 aromatic carbocycles. The zero-order valence-corrected chi connectivity index (χ0v) is 19.0. The van der Waals surface area contributed by atoms with E-state index >= 15 is 0 Å². The minimum atomic E-state index is -0.826. The summed E-state index contributed by atoms with van der Waals surface area (Å²) in [5.41, 5.74) is 0.347. The van der Waals surface area contributed by atoms with Crippen LogP contribution in [-0.2, 0) is 28.6 Å². The van der Waals surface area contributed by atoms with Crippen LogP contribution < -0.4 is 0 Å². The summed E-state index contributed by atoms with van der Waals surface area (Å²) in [6.07, 6.45) is 4.77. The molecule has 0 N–H and O–H groups in total. The maximum absolute atomic E-state index is 12.8. The monoisotopic (exact) mass is 448 g/mol. The summed E-state index contributed by atoms with van der Waals surface area (Å²) < 4.78 is 15.7. The lowest BCUT2D eigenvalue weighted by atomic mass is 9.77. The topological polar surface area (TPSA) is 106 Å². The fraction of sp³-hybridized carbons (Fsp3) is 0.739. The molecule has 1 saturated heterocycles. The molecule has 9 nitrogen and oxygen atoms in total. The zero-order chi connectivity index (χ0) is 23.2. The van der Waals surface area contributed by atoms with Gasteiger partial charge in [0.15, 0.2) is 19.0 Å². The van der Waals surface area contributed by atoms with Gasteiger partial charge in [-0.15, -0.1) is 0 Å². The van der Waals surface area contributed by atoms with Crippen molar-refractivity contribution in [3.8, 4) is 0 Å². The van der Waals surface area contributed by atoms with Crippen molar-refractivity contribution >= 4 is 23.8 Å². The van der Waals surface area contributed by atoms with Crippen molar-refractivity contribution in [1.82, 2.24) is 9.80 Å². The molecule has 1 aliphatic heterocycles. The molecule has 0 radical (unpaired) electrons. The average Bonchev–Trinajstić information content (AvgIpc) is 3.04. The van der Waals surface area contributed by atoms with Crippen LogP contribution in [0.15, 0.2) is 12.2 Å². The Morgan fingerprint density at radius 1 is 1.09 bits per heavy atom. The predicted octanol–water partition coefficient (Wildman–Crippen LogP) is 1.75. The summed E-state index contributed by atoms with van der Waals surface area (Å²) in [6.45, 7) is 3.98. The Bertz CT molecular complexity index is 842. The summed E-state index contributed by atoms with van der Waals surface area (Å²) in [7, 11) is 3.15. The quantitative estimate of drug-likeness (QED) is 0.229. The minimum Gasteiger partial charge on any atom is -0.455 e. The maximum atomic E-state index is 12.8. The van der Waals surface area contributed by atoms with Gasteiger partial charge in [-0.2, -0.15) is 0 Å². The molecule has 0 aromatic rings. The van der Waals surface area contributed by atoms with Crippen molar-refractivity contribution in [3.05, 3.63) is 12.2 Å². The third kappa shape index (κ3) is 4.14. The first-order valence-corrected chi connectivity index (χ1v) is 11.3. The van der Waals surface area contributed by atoms with Crippen LogP contribution in [0.3, 0.4) is 0 Å². The molecule has 2 bridgehead atoms. The molecule has 2 amide bonds. The van der Waals surface area contributed by atoms with Gasteiger partial charge in [0.1, 0.15) is 0 Å². The summed E-state index contributed by atoms with van der Waals surface area (Å²) in [5.74, 6) is 1.11. The van der Waals surface area contributed by atoms with Crippen LogP contribution in [0.5, 0.6) is 0 Å². The molecule has 176 valence electrons. The van der Waals surface area contributed by atoms with Crippen molar-refractivity contribution in [3.63, 3.8) is 0 Å². The molecule has 4 rings (SSSR count). The Labute approximate surface area is 188 Å². The number of rotatable bonds is 9. The van der Waals surface area contributed by atoms with Crippen LogP contribution in [0.25, 0.3) is 0 Å². The van der Waals surface area contributed by atoms with Gasteiger partial charge >= 0.3 is 12.1 Å². The van der Waals surface area contributed by atoms with Gasteiger partial charge in [0.05, 0.1) is 18.4 Å². The van der Waals surface area contributed by atoms with E-state index in [1.165, 1.54) is 43.0 Å². The molecule has 32 heavy (non-hydrogen) atoms. The lowest BCUT2D eigenvalue weighted by Crippen LogP contribution is -2.42. The smallest absolute Gasteiger partial charge is 0.411 e. The number of hydrogen-bond donors (Lipinski definition) is 0. The van der Waals surface area contributed by atoms with Crippen molar-refractivity contribution < 1.29 is 33.4 Å². The van der Waals surface area contributed by atoms with E-state index in [-0.39, 0.29) is 23.8 Å². The summed E-state index contributed by atoms with van der Waals surface area (Å²) in [4.78, 5) is 50.7. The average molecular weight is 449 g/mol. The van der Waals surface area contributed by atoms with E-state index in [9.17, 15) is 19.2 Å². The fourth-order valence-electron chi connectivity index (χ4n) is 6.19. The molecular weight excluding hydrogens is 416 g/mol. The number of Topliss-reactive ketones (excluding diaryl/α,β-unsaturated/α-hetero) is 1. The van der Waals surface area contributed by atoms with Gasteiger partial charge in [0.2, 0.25) is 5.91 Å². The molecule has 0 aromatic heterocycles. The number of hydrogen-bond acceptors (Lipinski definition) is 7.